The van der Waals surface area contributed by atoms with Crippen molar-refractivity contribution >= 4 is 10.0 Å². The molecule has 0 aliphatic rings. The molecule has 0 aliphatic carbocycles. The van der Waals surface area contributed by atoms with Gasteiger partial charge < -0.3 is 5.32 Å². The Morgan fingerprint density at radius 2 is 1.69 bits per heavy atom. The monoisotopic (exact) mass is 242 g/mol. The third kappa shape index (κ3) is 4.30. The van der Waals surface area contributed by atoms with Gasteiger partial charge in [0.25, 0.3) is 0 Å². The van der Waals surface area contributed by atoms with E-state index in [-0.39, 0.29) is 5.75 Å². The van der Waals surface area contributed by atoms with Gasteiger partial charge in [0.05, 0.1) is 5.75 Å². The SMILES string of the molecule is CCNCc1ccc(CS(=O)(=O)NC)cc1. The van der Waals surface area contributed by atoms with Crippen molar-refractivity contribution in [1.29, 1.82) is 0 Å². The molecule has 0 heterocycles. The Labute approximate surface area is 97.1 Å². The average Bonchev–Trinajstić information content (AvgIpc) is 2.28. The molecule has 0 aliphatic heterocycles. The van der Waals surface area contributed by atoms with Gasteiger partial charge in [-0.15, -0.1) is 0 Å². The lowest BCUT2D eigenvalue weighted by Gasteiger charge is -2.05. The first kappa shape index (κ1) is 13.2. The van der Waals surface area contributed by atoms with Gasteiger partial charge >= 0.3 is 0 Å². The third-order valence-corrected chi connectivity index (χ3v) is 3.61. The van der Waals surface area contributed by atoms with Crippen LogP contribution in [0.25, 0.3) is 0 Å². The molecule has 4 nitrogen and oxygen atoms in total. The highest BCUT2D eigenvalue weighted by molar-refractivity contribution is 7.88. The molecule has 0 unspecified atom stereocenters. The second kappa shape index (κ2) is 5.98. The van der Waals surface area contributed by atoms with E-state index in [4.69, 9.17) is 0 Å². The van der Waals surface area contributed by atoms with Gasteiger partial charge in [-0.2, -0.15) is 0 Å². The van der Waals surface area contributed by atoms with Crippen molar-refractivity contribution in [2.75, 3.05) is 13.6 Å². The molecule has 0 spiro atoms. The van der Waals surface area contributed by atoms with Crippen molar-refractivity contribution in [1.82, 2.24) is 10.0 Å². The van der Waals surface area contributed by atoms with Gasteiger partial charge in [0.2, 0.25) is 10.0 Å². The molecule has 16 heavy (non-hydrogen) atoms. The average molecular weight is 242 g/mol. The molecule has 1 rings (SSSR count). The smallest absolute Gasteiger partial charge is 0.215 e. The van der Waals surface area contributed by atoms with Gasteiger partial charge in [-0.1, -0.05) is 31.2 Å². The third-order valence-electron chi connectivity index (χ3n) is 2.27. The van der Waals surface area contributed by atoms with Crippen LogP contribution in [0.2, 0.25) is 0 Å². The lowest BCUT2D eigenvalue weighted by molar-refractivity contribution is 0.587. The molecule has 2 N–H and O–H groups in total. The summed E-state index contributed by atoms with van der Waals surface area (Å²) in [5.74, 6) is 0.0327. The summed E-state index contributed by atoms with van der Waals surface area (Å²) >= 11 is 0. The highest BCUT2D eigenvalue weighted by atomic mass is 32.2. The van der Waals surface area contributed by atoms with Gasteiger partial charge in [-0.25, -0.2) is 13.1 Å². The molecule has 0 amide bonds. The van der Waals surface area contributed by atoms with Gasteiger partial charge in [0, 0.05) is 6.54 Å². The second-order valence-electron chi connectivity index (χ2n) is 3.56. The van der Waals surface area contributed by atoms with Crippen molar-refractivity contribution in [2.24, 2.45) is 0 Å². The van der Waals surface area contributed by atoms with E-state index < -0.39 is 10.0 Å². The van der Waals surface area contributed by atoms with Crippen LogP contribution in [0, 0.1) is 0 Å². The maximum absolute atomic E-state index is 11.3. The first-order chi connectivity index (χ1) is 7.57. The fourth-order valence-corrected chi connectivity index (χ4v) is 2.09. The molecule has 5 heteroatoms. The van der Waals surface area contributed by atoms with Gasteiger partial charge in [-0.3, -0.25) is 0 Å². The van der Waals surface area contributed by atoms with Crippen LogP contribution in [0.1, 0.15) is 18.1 Å². The molecule has 1 aromatic carbocycles. The zero-order valence-corrected chi connectivity index (χ0v) is 10.5. The van der Waals surface area contributed by atoms with Crippen molar-refractivity contribution < 1.29 is 8.42 Å². The second-order valence-corrected chi connectivity index (χ2v) is 5.49. The number of sulfonamides is 1. The minimum Gasteiger partial charge on any atom is -0.313 e. The molecule has 0 atom stereocenters. The Hall–Kier alpha value is -0.910. The highest BCUT2D eigenvalue weighted by Gasteiger charge is 2.07. The standard InChI is InChI=1S/C11H18N2O2S/c1-3-13-8-10-4-6-11(7-5-10)9-16(14,15)12-2/h4-7,12-13H,3,8-9H2,1-2H3. The first-order valence-corrected chi connectivity index (χ1v) is 6.92. The zero-order chi connectivity index (χ0) is 12.0. The molecular formula is C11H18N2O2S. The van der Waals surface area contributed by atoms with E-state index in [1.165, 1.54) is 7.05 Å². The fourth-order valence-electron chi connectivity index (χ4n) is 1.31. The van der Waals surface area contributed by atoms with Gasteiger partial charge in [0.1, 0.15) is 0 Å². The van der Waals surface area contributed by atoms with E-state index >= 15 is 0 Å². The molecule has 0 saturated carbocycles. The Balaban J connectivity index is 2.65. The molecule has 90 valence electrons. The van der Waals surface area contributed by atoms with E-state index in [0.29, 0.717) is 0 Å². The van der Waals surface area contributed by atoms with E-state index in [9.17, 15) is 8.42 Å². The van der Waals surface area contributed by atoms with Crippen LogP contribution in [0.3, 0.4) is 0 Å². The van der Waals surface area contributed by atoms with Crippen LogP contribution in [0.15, 0.2) is 24.3 Å². The van der Waals surface area contributed by atoms with Crippen LogP contribution >= 0.6 is 0 Å². The maximum Gasteiger partial charge on any atom is 0.215 e. The summed E-state index contributed by atoms with van der Waals surface area (Å²) in [5, 5.41) is 3.21. The predicted octanol–water partition coefficient (Wildman–Crippen LogP) is 0.845. The number of hydrogen-bond acceptors (Lipinski definition) is 3. The molecule has 0 saturated heterocycles. The highest BCUT2D eigenvalue weighted by Crippen LogP contribution is 2.07. The molecule has 0 radical (unpaired) electrons. The van der Waals surface area contributed by atoms with Crippen LogP contribution in [0.5, 0.6) is 0 Å². The maximum atomic E-state index is 11.3. The normalized spacial score (nSPS) is 11.6. The van der Waals surface area contributed by atoms with E-state index in [1.807, 2.05) is 31.2 Å². The van der Waals surface area contributed by atoms with Crippen LogP contribution in [-0.4, -0.2) is 22.0 Å². The summed E-state index contributed by atoms with van der Waals surface area (Å²) in [6.45, 7) is 3.79. The predicted molar refractivity (Wildman–Crippen MR) is 65.5 cm³/mol. The summed E-state index contributed by atoms with van der Waals surface area (Å²) in [7, 11) is -1.74. The van der Waals surface area contributed by atoms with E-state index in [1.54, 1.807) is 0 Å². The van der Waals surface area contributed by atoms with Crippen molar-refractivity contribution in [3.05, 3.63) is 35.4 Å². The van der Waals surface area contributed by atoms with Crippen molar-refractivity contribution in [2.45, 2.75) is 19.2 Å². The minimum absolute atomic E-state index is 0.0327. The quantitative estimate of drug-likeness (QED) is 0.777. The lowest BCUT2D eigenvalue weighted by atomic mass is 10.1. The van der Waals surface area contributed by atoms with Crippen LogP contribution in [0.4, 0.5) is 0 Å². The minimum atomic E-state index is -3.17. The van der Waals surface area contributed by atoms with Crippen LogP contribution in [-0.2, 0) is 22.3 Å². The Kier molecular flexibility index (Phi) is 4.92. The van der Waals surface area contributed by atoms with E-state index in [0.717, 1.165) is 24.2 Å². The first-order valence-electron chi connectivity index (χ1n) is 5.27. The summed E-state index contributed by atoms with van der Waals surface area (Å²) < 4.78 is 24.9. The summed E-state index contributed by atoms with van der Waals surface area (Å²) in [6, 6.07) is 7.59. The summed E-state index contributed by atoms with van der Waals surface area (Å²) in [4.78, 5) is 0. The zero-order valence-electron chi connectivity index (χ0n) is 9.66. The summed E-state index contributed by atoms with van der Waals surface area (Å²) in [5.41, 5.74) is 1.96. The molecule has 0 bridgehead atoms. The lowest BCUT2D eigenvalue weighted by Crippen LogP contribution is -2.20. The number of hydrogen-bond donors (Lipinski definition) is 2. The Morgan fingerprint density at radius 1 is 1.12 bits per heavy atom. The molecular weight excluding hydrogens is 224 g/mol. The topological polar surface area (TPSA) is 58.2 Å². The molecule has 0 fully saturated rings. The fraction of sp³-hybridized carbons (Fsp3) is 0.455. The van der Waals surface area contributed by atoms with Gasteiger partial charge in [0.15, 0.2) is 0 Å². The molecule has 1 aromatic rings. The van der Waals surface area contributed by atoms with E-state index in [2.05, 4.69) is 10.0 Å². The number of nitrogens with one attached hydrogen (secondary N) is 2. The molecule has 0 aromatic heterocycles. The largest absolute Gasteiger partial charge is 0.313 e. The Morgan fingerprint density at radius 3 is 2.19 bits per heavy atom. The van der Waals surface area contributed by atoms with Crippen molar-refractivity contribution in [3.8, 4) is 0 Å². The van der Waals surface area contributed by atoms with Crippen LogP contribution < -0.4 is 10.0 Å². The number of rotatable bonds is 6. The number of benzene rings is 1. The van der Waals surface area contributed by atoms with Gasteiger partial charge in [-0.05, 0) is 24.7 Å². The van der Waals surface area contributed by atoms with Crippen molar-refractivity contribution in [3.63, 3.8) is 0 Å². The summed E-state index contributed by atoms with van der Waals surface area (Å²) in [6.07, 6.45) is 0. The Bertz CT molecular complexity index is 412.